The van der Waals surface area contributed by atoms with Gasteiger partial charge >= 0.3 is 6.03 Å². The molecule has 0 saturated carbocycles. The van der Waals surface area contributed by atoms with Crippen molar-refractivity contribution in [2.45, 2.75) is 19.8 Å². The van der Waals surface area contributed by atoms with Crippen molar-refractivity contribution in [3.05, 3.63) is 28.2 Å². The fraction of sp³-hybridized carbons (Fsp3) is 0.333. The van der Waals surface area contributed by atoms with Crippen LogP contribution < -0.4 is 10.6 Å². The molecule has 0 aliphatic carbocycles. The van der Waals surface area contributed by atoms with Crippen molar-refractivity contribution in [3.8, 4) is 6.07 Å². The Kier molecular flexibility index (Phi) is 5.50. The van der Waals surface area contributed by atoms with Gasteiger partial charge < -0.3 is 10.6 Å². The van der Waals surface area contributed by atoms with E-state index >= 15 is 0 Å². The van der Waals surface area contributed by atoms with Crippen molar-refractivity contribution in [2.75, 3.05) is 11.9 Å². The molecule has 0 aromatic heterocycles. The van der Waals surface area contributed by atoms with E-state index in [2.05, 4.69) is 33.5 Å². The number of nitriles is 1. The van der Waals surface area contributed by atoms with Crippen molar-refractivity contribution in [3.63, 3.8) is 0 Å². The van der Waals surface area contributed by atoms with Gasteiger partial charge in [-0.15, -0.1) is 0 Å². The lowest BCUT2D eigenvalue weighted by Gasteiger charge is -2.08. The number of carbonyl (C=O) groups excluding carboxylic acids is 1. The Morgan fingerprint density at radius 2 is 2.29 bits per heavy atom. The first-order chi connectivity index (χ1) is 8.17. The molecule has 0 saturated heterocycles. The molecule has 2 amide bonds. The van der Waals surface area contributed by atoms with Gasteiger partial charge in [0.25, 0.3) is 0 Å². The van der Waals surface area contributed by atoms with E-state index < -0.39 is 0 Å². The minimum atomic E-state index is -0.280. The van der Waals surface area contributed by atoms with Gasteiger partial charge in [0.15, 0.2) is 0 Å². The lowest BCUT2D eigenvalue weighted by molar-refractivity contribution is 0.252. The van der Waals surface area contributed by atoms with Crippen LogP contribution in [0.5, 0.6) is 0 Å². The Balaban J connectivity index is 2.62. The largest absolute Gasteiger partial charge is 0.338 e. The summed E-state index contributed by atoms with van der Waals surface area (Å²) in [5, 5.41) is 14.3. The molecule has 0 aliphatic rings. The molecule has 17 heavy (non-hydrogen) atoms. The van der Waals surface area contributed by atoms with Gasteiger partial charge in [0.05, 0.1) is 11.3 Å². The second kappa shape index (κ2) is 6.92. The van der Waals surface area contributed by atoms with E-state index in [4.69, 9.17) is 5.26 Å². The summed E-state index contributed by atoms with van der Waals surface area (Å²) in [4.78, 5) is 11.5. The highest BCUT2D eigenvalue weighted by Crippen LogP contribution is 2.19. The number of nitrogens with one attached hydrogen (secondary N) is 2. The first-order valence-electron chi connectivity index (χ1n) is 5.42. The van der Waals surface area contributed by atoms with Crippen molar-refractivity contribution in [2.24, 2.45) is 0 Å². The standard InChI is InChI=1S/C12H14BrN3O/c1-2-3-6-15-12(17)16-11-5-4-10(13)7-9(11)8-14/h4-5,7H,2-3,6H2,1H3,(H2,15,16,17). The molecule has 0 radical (unpaired) electrons. The number of halogens is 1. The number of unbranched alkanes of at least 4 members (excludes halogenated alkanes) is 1. The third kappa shape index (κ3) is 4.45. The maximum Gasteiger partial charge on any atom is 0.319 e. The highest BCUT2D eigenvalue weighted by Gasteiger charge is 2.06. The number of urea groups is 1. The molecule has 5 heteroatoms. The van der Waals surface area contributed by atoms with E-state index in [9.17, 15) is 4.79 Å². The van der Waals surface area contributed by atoms with Crippen molar-refractivity contribution in [1.29, 1.82) is 5.26 Å². The Bertz CT molecular complexity index is 440. The molecular weight excluding hydrogens is 282 g/mol. The number of hydrogen-bond donors (Lipinski definition) is 2. The number of rotatable bonds is 4. The number of carbonyl (C=O) groups is 1. The third-order valence-electron chi connectivity index (χ3n) is 2.17. The van der Waals surface area contributed by atoms with Crippen LogP contribution in [0.15, 0.2) is 22.7 Å². The molecule has 0 heterocycles. The van der Waals surface area contributed by atoms with E-state index in [0.29, 0.717) is 17.8 Å². The van der Waals surface area contributed by atoms with Gasteiger partial charge in [0, 0.05) is 11.0 Å². The molecule has 0 atom stereocenters. The number of hydrogen-bond acceptors (Lipinski definition) is 2. The Hall–Kier alpha value is -1.54. The van der Waals surface area contributed by atoms with Gasteiger partial charge in [0.2, 0.25) is 0 Å². The van der Waals surface area contributed by atoms with E-state index in [1.54, 1.807) is 18.2 Å². The fourth-order valence-electron chi connectivity index (χ4n) is 1.26. The average Bonchev–Trinajstić information content (AvgIpc) is 2.32. The molecule has 0 fully saturated rings. The van der Waals surface area contributed by atoms with E-state index in [0.717, 1.165) is 17.3 Å². The van der Waals surface area contributed by atoms with Crippen LogP contribution in [0.1, 0.15) is 25.3 Å². The number of benzene rings is 1. The van der Waals surface area contributed by atoms with Crippen molar-refractivity contribution >= 4 is 27.6 Å². The summed E-state index contributed by atoms with van der Waals surface area (Å²) >= 11 is 3.28. The smallest absolute Gasteiger partial charge is 0.319 e. The lowest BCUT2D eigenvalue weighted by atomic mass is 10.2. The SMILES string of the molecule is CCCCNC(=O)Nc1ccc(Br)cc1C#N. The second-order valence-electron chi connectivity index (χ2n) is 3.54. The topological polar surface area (TPSA) is 64.9 Å². The summed E-state index contributed by atoms with van der Waals surface area (Å²) in [6, 6.07) is 6.90. The van der Waals surface area contributed by atoms with Crippen LogP contribution in [0, 0.1) is 11.3 Å². The van der Waals surface area contributed by atoms with Gasteiger partial charge in [0.1, 0.15) is 6.07 Å². The molecule has 2 N–H and O–H groups in total. The van der Waals surface area contributed by atoms with Crippen LogP contribution in [-0.2, 0) is 0 Å². The maximum absolute atomic E-state index is 11.5. The van der Waals surface area contributed by atoms with Crippen molar-refractivity contribution in [1.82, 2.24) is 5.32 Å². The molecule has 1 rings (SSSR count). The maximum atomic E-state index is 11.5. The molecule has 1 aromatic carbocycles. The van der Waals surface area contributed by atoms with Gasteiger partial charge in [-0.25, -0.2) is 4.79 Å². The van der Waals surface area contributed by atoms with Gasteiger partial charge in [-0.05, 0) is 24.6 Å². The number of amides is 2. The Morgan fingerprint density at radius 3 is 2.94 bits per heavy atom. The minimum Gasteiger partial charge on any atom is -0.338 e. The zero-order valence-corrected chi connectivity index (χ0v) is 11.2. The summed E-state index contributed by atoms with van der Waals surface area (Å²) in [6.07, 6.45) is 1.97. The van der Waals surface area contributed by atoms with Crippen LogP contribution in [0.3, 0.4) is 0 Å². The summed E-state index contributed by atoms with van der Waals surface area (Å²) in [5.74, 6) is 0. The van der Waals surface area contributed by atoms with Crippen LogP contribution in [-0.4, -0.2) is 12.6 Å². The zero-order chi connectivity index (χ0) is 12.7. The molecule has 90 valence electrons. The van der Waals surface area contributed by atoms with E-state index in [-0.39, 0.29) is 6.03 Å². The fourth-order valence-corrected chi connectivity index (χ4v) is 1.62. The summed E-state index contributed by atoms with van der Waals surface area (Å²) in [7, 11) is 0. The monoisotopic (exact) mass is 295 g/mol. The lowest BCUT2D eigenvalue weighted by Crippen LogP contribution is -2.29. The number of anilines is 1. The van der Waals surface area contributed by atoms with Crippen molar-refractivity contribution < 1.29 is 4.79 Å². The molecule has 1 aromatic rings. The quantitative estimate of drug-likeness (QED) is 0.838. The Labute approximate surface area is 109 Å². The second-order valence-corrected chi connectivity index (χ2v) is 4.45. The summed E-state index contributed by atoms with van der Waals surface area (Å²) in [6.45, 7) is 2.70. The number of nitrogens with zero attached hydrogens (tertiary/aromatic N) is 1. The van der Waals surface area contributed by atoms with Crippen LogP contribution in [0.4, 0.5) is 10.5 Å². The highest BCUT2D eigenvalue weighted by molar-refractivity contribution is 9.10. The predicted octanol–water partition coefficient (Wildman–Crippen LogP) is 3.24. The molecule has 0 unspecified atom stereocenters. The van der Waals surface area contributed by atoms with Crippen LogP contribution >= 0.6 is 15.9 Å². The normalized spacial score (nSPS) is 9.47. The van der Waals surface area contributed by atoms with Crippen LogP contribution in [0.2, 0.25) is 0 Å². The van der Waals surface area contributed by atoms with E-state index in [1.165, 1.54) is 0 Å². The molecular formula is C12H14BrN3O. The first-order valence-corrected chi connectivity index (χ1v) is 6.21. The first kappa shape index (κ1) is 13.5. The Morgan fingerprint density at radius 1 is 1.53 bits per heavy atom. The molecule has 0 aliphatic heterocycles. The van der Waals surface area contributed by atoms with Gasteiger partial charge in [-0.3, -0.25) is 0 Å². The average molecular weight is 296 g/mol. The summed E-state index contributed by atoms with van der Waals surface area (Å²) in [5.41, 5.74) is 0.953. The van der Waals surface area contributed by atoms with Crippen LogP contribution in [0.25, 0.3) is 0 Å². The third-order valence-corrected chi connectivity index (χ3v) is 2.66. The molecule has 0 spiro atoms. The summed E-state index contributed by atoms with van der Waals surface area (Å²) < 4.78 is 0.811. The van der Waals surface area contributed by atoms with E-state index in [1.807, 2.05) is 6.07 Å². The predicted molar refractivity (Wildman–Crippen MR) is 70.8 cm³/mol. The van der Waals surface area contributed by atoms with Gasteiger partial charge in [-0.2, -0.15) is 5.26 Å². The highest BCUT2D eigenvalue weighted by atomic mass is 79.9. The molecule has 0 bridgehead atoms. The minimum absolute atomic E-state index is 0.280. The van der Waals surface area contributed by atoms with Gasteiger partial charge in [-0.1, -0.05) is 29.3 Å². The molecule has 4 nitrogen and oxygen atoms in total. The zero-order valence-electron chi connectivity index (χ0n) is 9.59.